The molecular formula is C91H112O49S7. The number of esters is 14. The smallest absolute Gasteiger partial charge is 0.344 e. The van der Waals surface area contributed by atoms with Crippen molar-refractivity contribution in [2.45, 2.75) is 247 Å². The monoisotopic (exact) mass is 2210 g/mol. The highest BCUT2D eigenvalue weighted by Crippen LogP contribution is 2.69. The lowest BCUT2D eigenvalue weighted by Gasteiger charge is -2.35. The molecule has 0 N–H and O–H groups in total. The Morgan fingerprint density at radius 1 is 0.320 bits per heavy atom. The number of fused-ring (bicyclic) bond motifs is 7. The molecule has 36 unspecified atom stereocenters. The highest BCUT2D eigenvalue weighted by Gasteiger charge is 2.78. The van der Waals surface area contributed by atoms with E-state index in [1.165, 1.54) is 0 Å². The SMILES string of the molecule is C=CC(=O)OCC(=O)OC1(C)C2CC3C1OS(=O)(=O)C3C2.C=CC(=O)OCC(=O)OC1C2CC3C(C)(C2)C1OS3(=O)=O.C=CC(=O)OCC(=O)OC1C2CC3C(C2)S(=O)(=O)OC31C.C=CC(=O)OCC(=O)OC1C2CC3C1OS(=O)(=O)C3C2.C=CC(=O)OCC(=O)OC1C2CC3C1OS(=O)(=O)C3C2C.C=CC(=O)OCC(=O)OC1C2OS(=O)(=O)C3CC1(C)CC23.C=CC(=O)OCC(=O)OC1C2OS(=O)(=O)C3CC1C(C)(C)C23. The van der Waals surface area contributed by atoms with Gasteiger partial charge in [-0.3, -0.25) is 29.3 Å². The Morgan fingerprint density at radius 2 is 0.741 bits per heavy atom. The van der Waals surface area contributed by atoms with Crippen LogP contribution in [0.3, 0.4) is 0 Å². The molecule has 14 aliphatic carbocycles. The Kier molecular flexibility index (Phi) is 30.8. The molecule has 21 fully saturated rings. The highest BCUT2D eigenvalue weighted by atomic mass is 32.2. The van der Waals surface area contributed by atoms with E-state index in [-0.39, 0.29) is 82.3 Å². The molecule has 7 saturated heterocycles. The number of carbonyl (C=O) groups excluding carboxylic acids is 14. The highest BCUT2D eigenvalue weighted by molar-refractivity contribution is 7.89. The van der Waals surface area contributed by atoms with Crippen molar-refractivity contribution >= 4 is 154 Å². The molecule has 49 nitrogen and oxygen atoms in total. The second-order valence-corrected chi connectivity index (χ2v) is 53.6. The maximum absolute atomic E-state index is 12.0. The first kappa shape index (κ1) is 111. The maximum Gasteiger partial charge on any atom is 0.344 e. The predicted molar refractivity (Wildman–Crippen MR) is 486 cm³/mol. The maximum atomic E-state index is 12.0. The van der Waals surface area contributed by atoms with Gasteiger partial charge < -0.3 is 66.3 Å². The normalized spacial score (nSPS) is 41.1. The minimum absolute atomic E-state index is 0.00586. The molecule has 0 aromatic carbocycles. The molecule has 147 heavy (non-hydrogen) atoms. The molecule has 0 aromatic heterocycles. The second-order valence-electron chi connectivity index (χ2n) is 41.2. The van der Waals surface area contributed by atoms with Gasteiger partial charge in [-0.2, -0.15) is 58.9 Å². The number of rotatable bonds is 28. The Balaban J connectivity index is 0.000000129. The van der Waals surface area contributed by atoms with Gasteiger partial charge in [0.1, 0.15) is 84.4 Å². The van der Waals surface area contributed by atoms with Gasteiger partial charge in [-0.05, 0) is 102 Å². The Morgan fingerprint density at radius 3 is 1.27 bits per heavy atom. The summed E-state index contributed by atoms with van der Waals surface area (Å²) in [6, 6.07) is 0. The summed E-state index contributed by atoms with van der Waals surface area (Å²) in [4.78, 5) is 158. The van der Waals surface area contributed by atoms with E-state index in [9.17, 15) is 126 Å². The minimum Gasteiger partial charge on any atom is -0.457 e. The van der Waals surface area contributed by atoms with Gasteiger partial charge in [-0.1, -0.05) is 80.7 Å². The number of hydrogen-bond donors (Lipinski definition) is 0. The fraction of sp³-hybridized carbons (Fsp3) is 0.692. The molecule has 0 aromatic rings. The van der Waals surface area contributed by atoms with E-state index in [1.807, 2.05) is 34.6 Å². The van der Waals surface area contributed by atoms with Gasteiger partial charge in [0.05, 0.1) is 36.7 Å². The summed E-state index contributed by atoms with van der Waals surface area (Å²) in [5.41, 5.74) is -3.15. The molecule has 21 aliphatic rings. The van der Waals surface area contributed by atoms with E-state index < -0.39 is 333 Å². The van der Waals surface area contributed by atoms with Gasteiger partial charge >= 0.3 is 83.6 Å². The lowest BCUT2D eigenvalue weighted by atomic mass is 9.81. The van der Waals surface area contributed by atoms with Crippen LogP contribution < -0.4 is 0 Å². The van der Waals surface area contributed by atoms with Crippen molar-refractivity contribution in [3.8, 4) is 0 Å². The lowest BCUT2D eigenvalue weighted by molar-refractivity contribution is -0.179. The summed E-state index contributed by atoms with van der Waals surface area (Å²) in [6.07, 6.45) is 6.03. The van der Waals surface area contributed by atoms with E-state index in [1.54, 1.807) is 13.8 Å². The molecule has 21 rings (SSSR count). The first-order chi connectivity index (χ1) is 68.5. The van der Waals surface area contributed by atoms with Crippen LogP contribution in [-0.4, -0.2) is 310 Å². The molecular weight excluding hydrogens is 2100 g/mol. The van der Waals surface area contributed by atoms with E-state index in [4.69, 9.17) is 62.4 Å². The van der Waals surface area contributed by atoms with Crippen LogP contribution in [0.4, 0.5) is 0 Å². The van der Waals surface area contributed by atoms with Crippen molar-refractivity contribution in [3.63, 3.8) is 0 Å². The van der Waals surface area contributed by atoms with Gasteiger partial charge in [0, 0.05) is 124 Å². The van der Waals surface area contributed by atoms with Crippen LogP contribution in [0, 0.1) is 93.2 Å². The lowest BCUT2D eigenvalue weighted by Crippen LogP contribution is -2.49. The first-order valence-corrected chi connectivity index (χ1v) is 57.3. The molecule has 812 valence electrons. The summed E-state index contributed by atoms with van der Waals surface area (Å²) in [6.45, 7) is 31.8. The number of carbonyl (C=O) groups is 14. The van der Waals surface area contributed by atoms with E-state index in [0.717, 1.165) is 42.5 Å². The van der Waals surface area contributed by atoms with Crippen LogP contribution in [0.2, 0.25) is 0 Å². The van der Waals surface area contributed by atoms with Crippen molar-refractivity contribution in [3.05, 3.63) is 88.6 Å². The van der Waals surface area contributed by atoms with Crippen molar-refractivity contribution in [2.24, 2.45) is 93.2 Å². The van der Waals surface area contributed by atoms with Crippen molar-refractivity contribution < 1.29 is 222 Å². The average molecular weight is 2210 g/mol. The summed E-state index contributed by atoms with van der Waals surface area (Å²) in [5.74, 6) is -11.0. The van der Waals surface area contributed by atoms with Gasteiger partial charge in [0.25, 0.3) is 70.8 Å². The minimum atomic E-state index is -3.59. The zero-order valence-electron chi connectivity index (χ0n) is 80.3. The predicted octanol–water partition coefficient (Wildman–Crippen LogP) is 0.793. The quantitative estimate of drug-likeness (QED) is 0.0452. The van der Waals surface area contributed by atoms with Gasteiger partial charge in [-0.15, -0.1) is 0 Å². The molecule has 56 heteroatoms. The van der Waals surface area contributed by atoms with Crippen LogP contribution in [-0.2, 0) is 234 Å². The van der Waals surface area contributed by atoms with Crippen LogP contribution >= 0.6 is 0 Å². The molecule has 0 spiro atoms. The summed E-state index contributed by atoms with van der Waals surface area (Å²) in [5, 5.41) is -3.40. The molecule has 36 atom stereocenters. The molecule has 0 radical (unpaired) electrons. The molecule has 14 bridgehead atoms. The van der Waals surface area contributed by atoms with Gasteiger partial charge in [0.2, 0.25) is 0 Å². The van der Waals surface area contributed by atoms with Gasteiger partial charge in [-0.25, -0.2) is 67.1 Å². The zero-order chi connectivity index (χ0) is 108. The third-order valence-electron chi connectivity index (χ3n) is 32.8. The molecule has 7 heterocycles. The first-order valence-electron chi connectivity index (χ1n) is 47.0. The van der Waals surface area contributed by atoms with Crippen LogP contribution in [0.25, 0.3) is 0 Å². The molecule has 14 saturated carbocycles. The van der Waals surface area contributed by atoms with E-state index in [0.29, 0.717) is 77.0 Å². The fourth-order valence-electron chi connectivity index (χ4n) is 26.8. The van der Waals surface area contributed by atoms with E-state index in [2.05, 4.69) is 79.2 Å². The van der Waals surface area contributed by atoms with Crippen molar-refractivity contribution in [2.75, 3.05) is 46.2 Å². The standard InChI is InChI=1S/C14H18O7S.5C13H16O7S.C12H14O7S/c1-4-9(15)19-6-10(16)20-12-7-5-8-11(14(7,2)3)13(12)21-22(8,17)18;1-3-9(14)18-6-10(15)19-12-11-7-4-13(12,2)5-8(7)21(16,17)20-11;1-3-10(14)18-6-11(15)19-13(2)7-4-8-9(5-7)21(16,17)20-12(8)13;1-3-10(14)18-6-11(15)19-12-7-4-8-9(5-7)21(16,17)20-13(8,12)2;1-3-9(14)18-6-10(15)19-11-7-4-8-13(2,5-7)12(11)20-21(8,16)17;1-3-9(14)18-5-10(15)19-11-7-4-8-12(11)20-21(16,17)13(8)6(7)2;1-2-9(13)17-5-10(14)18-11-6-3-7-8(4-6)20(15,16)19-12(7)11/h4,7-8,11-13H,1,5-6H2,2-3H3;3,7-8,11-12H,1,4-6H2,2H3;2*3,7-9,12H,1,4-6H2,2H3;3,7-8,11-12H,1,4-6H2,2H3;3,6-8,11-13H,1,4-5H2,2H3;2,6-8,11-12H,1,3-5H2. The van der Waals surface area contributed by atoms with E-state index >= 15 is 0 Å². The summed E-state index contributed by atoms with van der Waals surface area (Å²) in [7, 11) is -25.0. The van der Waals surface area contributed by atoms with Crippen LogP contribution in [0.15, 0.2) is 88.6 Å². The van der Waals surface area contributed by atoms with Crippen LogP contribution in [0.5, 0.6) is 0 Å². The molecule has 0 amide bonds. The zero-order valence-corrected chi connectivity index (χ0v) is 86.0. The summed E-state index contributed by atoms with van der Waals surface area (Å²) >= 11 is 0. The Labute approximate surface area is 845 Å². The number of ether oxygens (including phenoxy) is 14. The van der Waals surface area contributed by atoms with Crippen molar-refractivity contribution in [1.29, 1.82) is 0 Å². The third kappa shape index (κ3) is 20.8. The summed E-state index contributed by atoms with van der Waals surface area (Å²) < 4.78 is 272. The number of hydrogen-bond acceptors (Lipinski definition) is 49. The topological polar surface area (TPSA) is 672 Å². The van der Waals surface area contributed by atoms with Gasteiger partial charge in [0.15, 0.2) is 46.2 Å². The second kappa shape index (κ2) is 40.7. The third-order valence-corrected chi connectivity index (χ3v) is 45.5. The Bertz CT molecular complexity index is 6230. The van der Waals surface area contributed by atoms with Crippen LogP contribution in [0.1, 0.15) is 126 Å². The van der Waals surface area contributed by atoms with Crippen molar-refractivity contribution in [1.82, 2.24) is 0 Å². The molecule has 7 aliphatic heterocycles. The largest absolute Gasteiger partial charge is 0.457 e. The Hall–Kier alpha value is -9.87. The fourth-order valence-corrected chi connectivity index (χ4v) is 40.9. The average Bonchev–Trinajstić information content (AvgIpc) is 1.51.